The van der Waals surface area contributed by atoms with E-state index in [0.717, 1.165) is 0 Å². The van der Waals surface area contributed by atoms with E-state index in [1.807, 2.05) is 13.8 Å². The summed E-state index contributed by atoms with van der Waals surface area (Å²) in [6, 6.07) is 0. The van der Waals surface area contributed by atoms with Gasteiger partial charge in [-0.2, -0.15) is 0 Å². The van der Waals surface area contributed by atoms with Crippen LogP contribution in [0.5, 0.6) is 0 Å². The lowest BCUT2D eigenvalue weighted by molar-refractivity contribution is 0.351. The molecule has 0 radical (unpaired) electrons. The topological polar surface area (TPSA) is 26.3 Å². The van der Waals surface area contributed by atoms with Crippen LogP contribution in [0.3, 0.4) is 0 Å². The van der Waals surface area contributed by atoms with Gasteiger partial charge in [0, 0.05) is 6.16 Å². The fourth-order valence-corrected chi connectivity index (χ4v) is 0.789. The zero-order chi connectivity index (χ0) is 9.11. The highest BCUT2D eigenvalue weighted by Crippen LogP contribution is 2.19. The molecule has 0 rings (SSSR count). The Balaban J connectivity index is 0. The SMILES string of the molecule is CCCC.CCO[PH](=O)CC. The third-order valence-corrected chi connectivity index (χ3v) is 2.28. The lowest BCUT2D eigenvalue weighted by atomic mass is 10.4. The smallest absolute Gasteiger partial charge is 0.191 e. The molecular formula is C8H21O2P. The molecule has 0 fully saturated rings. The van der Waals surface area contributed by atoms with Crippen molar-refractivity contribution in [2.75, 3.05) is 12.8 Å². The van der Waals surface area contributed by atoms with Crippen molar-refractivity contribution in [2.24, 2.45) is 0 Å². The summed E-state index contributed by atoms with van der Waals surface area (Å²) in [4.78, 5) is 0. The molecule has 70 valence electrons. The summed E-state index contributed by atoms with van der Waals surface area (Å²) < 4.78 is 15.1. The van der Waals surface area contributed by atoms with Crippen molar-refractivity contribution < 1.29 is 9.09 Å². The van der Waals surface area contributed by atoms with Gasteiger partial charge in [-0.25, -0.2) is 0 Å². The summed E-state index contributed by atoms with van der Waals surface area (Å²) in [5.41, 5.74) is 0. The van der Waals surface area contributed by atoms with Gasteiger partial charge in [-0.15, -0.1) is 0 Å². The normalized spacial score (nSPS) is 11.6. The maximum atomic E-state index is 10.4. The molecule has 0 aliphatic heterocycles. The van der Waals surface area contributed by atoms with E-state index >= 15 is 0 Å². The van der Waals surface area contributed by atoms with Crippen LogP contribution in [0.15, 0.2) is 0 Å². The zero-order valence-corrected chi connectivity index (χ0v) is 9.14. The van der Waals surface area contributed by atoms with Crippen molar-refractivity contribution >= 4 is 8.03 Å². The third-order valence-electron chi connectivity index (χ3n) is 1.09. The molecule has 1 unspecified atom stereocenters. The average molecular weight is 180 g/mol. The summed E-state index contributed by atoms with van der Waals surface area (Å²) in [5.74, 6) is 0. The molecule has 0 aliphatic rings. The molecule has 0 aliphatic carbocycles. The lowest BCUT2D eigenvalue weighted by Crippen LogP contribution is -1.76. The molecule has 11 heavy (non-hydrogen) atoms. The van der Waals surface area contributed by atoms with Crippen LogP contribution < -0.4 is 0 Å². The minimum Gasteiger partial charge on any atom is -0.331 e. The second-order valence-electron chi connectivity index (χ2n) is 2.16. The van der Waals surface area contributed by atoms with Crippen LogP contribution >= 0.6 is 8.03 Å². The van der Waals surface area contributed by atoms with Gasteiger partial charge in [-0.3, -0.25) is 4.57 Å². The first-order chi connectivity index (χ1) is 5.22. The van der Waals surface area contributed by atoms with Crippen LogP contribution in [-0.2, 0) is 9.09 Å². The molecule has 0 amide bonds. The van der Waals surface area contributed by atoms with E-state index in [9.17, 15) is 4.57 Å². The molecule has 3 heteroatoms. The largest absolute Gasteiger partial charge is 0.331 e. The Morgan fingerprint density at radius 1 is 1.09 bits per heavy atom. The van der Waals surface area contributed by atoms with Crippen molar-refractivity contribution in [3.05, 3.63) is 0 Å². The summed E-state index contributed by atoms with van der Waals surface area (Å²) >= 11 is 0. The molecule has 0 spiro atoms. The maximum Gasteiger partial charge on any atom is 0.191 e. The number of rotatable bonds is 4. The first-order valence-electron chi connectivity index (χ1n) is 4.38. The van der Waals surface area contributed by atoms with Gasteiger partial charge in [-0.1, -0.05) is 33.6 Å². The first kappa shape index (κ1) is 13.8. The van der Waals surface area contributed by atoms with Crippen LogP contribution in [0.25, 0.3) is 0 Å². The van der Waals surface area contributed by atoms with Crippen molar-refractivity contribution in [1.82, 2.24) is 0 Å². The maximum absolute atomic E-state index is 10.4. The van der Waals surface area contributed by atoms with Crippen molar-refractivity contribution in [3.63, 3.8) is 0 Å². The van der Waals surface area contributed by atoms with Gasteiger partial charge in [0.1, 0.15) is 0 Å². The third kappa shape index (κ3) is 17.8. The average Bonchev–Trinajstić information content (AvgIpc) is 2.05. The summed E-state index contributed by atoms with van der Waals surface area (Å²) in [6.45, 7) is 8.64. The van der Waals surface area contributed by atoms with Crippen LogP contribution in [0.4, 0.5) is 0 Å². The van der Waals surface area contributed by atoms with Crippen LogP contribution in [-0.4, -0.2) is 12.8 Å². The van der Waals surface area contributed by atoms with Gasteiger partial charge in [0.25, 0.3) is 0 Å². The Hall–Kier alpha value is 0.190. The lowest BCUT2D eigenvalue weighted by Gasteiger charge is -1.93. The highest BCUT2D eigenvalue weighted by atomic mass is 31.1. The second-order valence-corrected chi connectivity index (χ2v) is 3.90. The van der Waals surface area contributed by atoms with Gasteiger partial charge in [0.2, 0.25) is 0 Å². The molecule has 0 aromatic rings. The van der Waals surface area contributed by atoms with Crippen LogP contribution in [0, 0.1) is 0 Å². The predicted molar refractivity (Wildman–Crippen MR) is 51.8 cm³/mol. The molecule has 0 bridgehead atoms. The van der Waals surface area contributed by atoms with Crippen molar-refractivity contribution in [2.45, 2.75) is 40.5 Å². The van der Waals surface area contributed by atoms with Crippen LogP contribution in [0.1, 0.15) is 40.5 Å². The minimum absolute atomic E-state index is 0.575. The Kier molecular flexibility index (Phi) is 16.0. The molecular weight excluding hydrogens is 159 g/mol. The van der Waals surface area contributed by atoms with Crippen LogP contribution in [0.2, 0.25) is 0 Å². The van der Waals surface area contributed by atoms with Crippen molar-refractivity contribution in [3.8, 4) is 0 Å². The molecule has 2 nitrogen and oxygen atoms in total. The van der Waals surface area contributed by atoms with E-state index in [4.69, 9.17) is 4.52 Å². The van der Waals surface area contributed by atoms with E-state index in [-0.39, 0.29) is 0 Å². The highest BCUT2D eigenvalue weighted by molar-refractivity contribution is 7.39. The number of hydrogen-bond donors (Lipinski definition) is 0. The van der Waals surface area contributed by atoms with Gasteiger partial charge in [0.15, 0.2) is 8.03 Å². The highest BCUT2D eigenvalue weighted by Gasteiger charge is 1.87. The molecule has 0 N–H and O–H groups in total. The fourth-order valence-electron chi connectivity index (χ4n) is 0.263. The molecule has 0 saturated heterocycles. The van der Waals surface area contributed by atoms with Crippen molar-refractivity contribution in [1.29, 1.82) is 0 Å². The molecule has 0 saturated carbocycles. The molecule has 1 atom stereocenters. The number of hydrogen-bond acceptors (Lipinski definition) is 2. The van der Waals surface area contributed by atoms with E-state index in [0.29, 0.717) is 12.8 Å². The minimum atomic E-state index is -1.63. The van der Waals surface area contributed by atoms with E-state index in [1.165, 1.54) is 12.8 Å². The Morgan fingerprint density at radius 2 is 1.55 bits per heavy atom. The molecule has 0 aromatic heterocycles. The zero-order valence-electron chi connectivity index (χ0n) is 8.14. The quantitative estimate of drug-likeness (QED) is 0.620. The van der Waals surface area contributed by atoms with E-state index < -0.39 is 8.03 Å². The van der Waals surface area contributed by atoms with Gasteiger partial charge < -0.3 is 4.52 Å². The van der Waals surface area contributed by atoms with Gasteiger partial charge >= 0.3 is 0 Å². The number of unbranched alkanes of at least 4 members (excludes halogenated alkanes) is 1. The van der Waals surface area contributed by atoms with Gasteiger partial charge in [0.05, 0.1) is 6.61 Å². The Bertz CT molecular complexity index is 82.2. The fraction of sp³-hybridized carbons (Fsp3) is 1.00. The van der Waals surface area contributed by atoms with E-state index in [1.54, 1.807) is 0 Å². The van der Waals surface area contributed by atoms with E-state index in [2.05, 4.69) is 13.8 Å². The predicted octanol–water partition coefficient (Wildman–Crippen LogP) is 3.32. The summed E-state index contributed by atoms with van der Waals surface area (Å²) in [7, 11) is -1.63. The molecule has 0 heterocycles. The Labute approximate surface area is 71.2 Å². The molecule has 0 aromatic carbocycles. The summed E-state index contributed by atoms with van der Waals surface area (Å²) in [5, 5.41) is 0. The monoisotopic (exact) mass is 180 g/mol. The van der Waals surface area contributed by atoms with Gasteiger partial charge in [-0.05, 0) is 6.92 Å². The second kappa shape index (κ2) is 12.8. The summed E-state index contributed by atoms with van der Waals surface area (Å²) in [6.07, 6.45) is 3.30. The first-order valence-corrected chi connectivity index (χ1v) is 5.90. The Morgan fingerprint density at radius 3 is 1.64 bits per heavy atom. The standard InChI is InChI=1S/C4H11O2P.C4H10/c1-3-6-7(5)4-2;1-3-4-2/h7H,3-4H2,1-2H3;3-4H2,1-2H3.